The Morgan fingerprint density at radius 2 is 1.76 bits per heavy atom. The Bertz CT molecular complexity index is 603. The third-order valence-corrected chi connectivity index (χ3v) is 7.04. The summed E-state index contributed by atoms with van der Waals surface area (Å²) in [7, 11) is 0. The van der Waals surface area contributed by atoms with Gasteiger partial charge in [0.25, 0.3) is 0 Å². The molecule has 4 rings (SSSR count). The minimum Gasteiger partial charge on any atom is -0.342 e. The van der Waals surface area contributed by atoms with E-state index in [1.54, 1.807) is 0 Å². The number of nitrogens with one attached hydrogen (secondary N) is 1. The molecule has 0 spiro atoms. The van der Waals surface area contributed by atoms with Crippen LogP contribution in [0.3, 0.4) is 0 Å². The number of hydrogen-bond acceptors (Lipinski definition) is 2. The van der Waals surface area contributed by atoms with Gasteiger partial charge in [-0.3, -0.25) is 4.79 Å². The van der Waals surface area contributed by atoms with E-state index in [-0.39, 0.29) is 17.8 Å². The fourth-order valence-electron chi connectivity index (χ4n) is 5.11. The lowest BCUT2D eigenvalue weighted by Crippen LogP contribution is -2.46. The number of benzene rings is 1. The molecule has 3 nitrogen and oxygen atoms in total. The fraction of sp³-hybridized carbons (Fsp3) is 0.650. The van der Waals surface area contributed by atoms with Gasteiger partial charge in [0.05, 0.1) is 5.41 Å². The first-order valence-corrected chi connectivity index (χ1v) is 10.2. The molecule has 1 N–H and O–H groups in total. The summed E-state index contributed by atoms with van der Waals surface area (Å²) in [5.41, 5.74) is 0.937. The zero-order valence-electron chi connectivity index (χ0n) is 14.7. The molecule has 2 atom stereocenters. The topological polar surface area (TPSA) is 32.3 Å². The van der Waals surface area contributed by atoms with Gasteiger partial charge in [-0.1, -0.05) is 40.9 Å². The van der Waals surface area contributed by atoms with Gasteiger partial charge in [-0.15, -0.1) is 12.4 Å². The number of nitrogens with zero attached hydrogens (tertiary/aromatic N) is 1. The quantitative estimate of drug-likeness (QED) is 0.769. The van der Waals surface area contributed by atoms with Crippen molar-refractivity contribution in [2.24, 2.45) is 11.8 Å². The Kier molecular flexibility index (Phi) is 6.12. The van der Waals surface area contributed by atoms with E-state index < -0.39 is 0 Å². The summed E-state index contributed by atoms with van der Waals surface area (Å²) in [6, 6.07) is 8.45. The highest BCUT2D eigenvalue weighted by Gasteiger charge is 2.45. The summed E-state index contributed by atoms with van der Waals surface area (Å²) in [4.78, 5) is 15.8. The molecule has 0 aromatic heterocycles. The van der Waals surface area contributed by atoms with E-state index in [2.05, 4.69) is 50.4 Å². The number of likely N-dealkylation sites (tertiary alicyclic amines) is 1. The smallest absolute Gasteiger partial charge is 0.233 e. The van der Waals surface area contributed by atoms with Gasteiger partial charge in [-0.25, -0.2) is 0 Å². The van der Waals surface area contributed by atoms with Crippen molar-refractivity contribution >= 4 is 34.2 Å². The van der Waals surface area contributed by atoms with Crippen molar-refractivity contribution in [3.8, 4) is 0 Å². The maximum Gasteiger partial charge on any atom is 0.233 e. The molecule has 2 aliphatic heterocycles. The molecule has 1 saturated carbocycles. The van der Waals surface area contributed by atoms with E-state index in [4.69, 9.17) is 0 Å². The van der Waals surface area contributed by atoms with Gasteiger partial charge >= 0.3 is 0 Å². The van der Waals surface area contributed by atoms with Crippen LogP contribution in [0.1, 0.15) is 44.1 Å². The lowest BCUT2D eigenvalue weighted by Gasteiger charge is -2.34. The summed E-state index contributed by atoms with van der Waals surface area (Å²) >= 11 is 3.59. The van der Waals surface area contributed by atoms with E-state index in [1.165, 1.54) is 18.4 Å². The Morgan fingerprint density at radius 3 is 2.36 bits per heavy atom. The third kappa shape index (κ3) is 3.63. The van der Waals surface area contributed by atoms with Gasteiger partial charge in [-0.2, -0.15) is 0 Å². The fourth-order valence-corrected chi connectivity index (χ4v) is 5.51. The zero-order chi connectivity index (χ0) is 16.6. The molecular weight excluding hydrogens is 400 g/mol. The van der Waals surface area contributed by atoms with Crippen LogP contribution in [0.2, 0.25) is 0 Å². The standard InChI is InChI=1S/C20H27BrN2O.ClH/c21-18-5-3-4-17(12-18)20(8-1-2-9-20)19(24)23-10-6-15-13-22-14-16(15)7-11-23;/h3-5,12,15-16,22H,1-2,6-11,13-14H2;1H/t15-,16+;. The number of carbonyl (C=O) groups is 1. The van der Waals surface area contributed by atoms with Crippen LogP contribution < -0.4 is 5.32 Å². The lowest BCUT2D eigenvalue weighted by molar-refractivity contribution is -0.137. The van der Waals surface area contributed by atoms with Crippen molar-refractivity contribution in [1.29, 1.82) is 0 Å². The molecule has 1 amide bonds. The van der Waals surface area contributed by atoms with Crippen LogP contribution in [-0.2, 0) is 10.2 Å². The Balaban J connectivity index is 0.00000182. The summed E-state index contributed by atoms with van der Waals surface area (Å²) in [6.07, 6.45) is 6.68. The van der Waals surface area contributed by atoms with Crippen LogP contribution >= 0.6 is 28.3 Å². The molecule has 2 heterocycles. The van der Waals surface area contributed by atoms with Crippen LogP contribution in [-0.4, -0.2) is 37.0 Å². The number of amides is 1. The minimum absolute atomic E-state index is 0. The molecule has 0 radical (unpaired) electrons. The highest BCUT2D eigenvalue weighted by molar-refractivity contribution is 9.10. The number of hydrogen-bond donors (Lipinski definition) is 1. The Hall–Kier alpha value is -0.580. The maximum atomic E-state index is 13.6. The average molecular weight is 428 g/mol. The van der Waals surface area contributed by atoms with E-state index in [1.807, 2.05) is 0 Å². The van der Waals surface area contributed by atoms with E-state index >= 15 is 0 Å². The molecular formula is C20H28BrClN2O. The minimum atomic E-state index is -0.276. The summed E-state index contributed by atoms with van der Waals surface area (Å²) in [6.45, 7) is 4.17. The normalized spacial score (nSPS) is 28.1. The van der Waals surface area contributed by atoms with Gasteiger partial charge in [0, 0.05) is 17.6 Å². The monoisotopic (exact) mass is 426 g/mol. The molecule has 3 aliphatic rings. The Morgan fingerprint density at radius 1 is 1.12 bits per heavy atom. The molecule has 5 heteroatoms. The SMILES string of the molecule is Cl.O=C(N1CC[C@@H]2CNC[C@@H]2CC1)C1(c2cccc(Br)c2)CCCC1. The number of rotatable bonds is 2. The van der Waals surface area contributed by atoms with Crippen LogP contribution in [0.15, 0.2) is 28.7 Å². The van der Waals surface area contributed by atoms with Crippen LogP contribution in [0.5, 0.6) is 0 Å². The van der Waals surface area contributed by atoms with Crippen molar-refractivity contribution in [2.75, 3.05) is 26.2 Å². The summed E-state index contributed by atoms with van der Waals surface area (Å²) in [5.74, 6) is 1.94. The molecule has 0 unspecified atom stereocenters. The van der Waals surface area contributed by atoms with E-state index in [0.717, 1.165) is 68.2 Å². The van der Waals surface area contributed by atoms with E-state index in [9.17, 15) is 4.79 Å². The average Bonchev–Trinajstić information content (AvgIpc) is 3.21. The van der Waals surface area contributed by atoms with Crippen molar-refractivity contribution in [2.45, 2.75) is 43.9 Å². The van der Waals surface area contributed by atoms with Crippen LogP contribution in [0.25, 0.3) is 0 Å². The molecule has 1 aromatic carbocycles. The highest BCUT2D eigenvalue weighted by atomic mass is 79.9. The van der Waals surface area contributed by atoms with Gasteiger partial charge in [0.1, 0.15) is 0 Å². The number of fused-ring (bicyclic) bond motifs is 1. The first-order chi connectivity index (χ1) is 11.7. The largest absolute Gasteiger partial charge is 0.342 e. The second-order valence-electron chi connectivity index (χ2n) is 7.85. The van der Waals surface area contributed by atoms with Crippen molar-refractivity contribution in [3.05, 3.63) is 34.3 Å². The van der Waals surface area contributed by atoms with Crippen LogP contribution in [0.4, 0.5) is 0 Å². The number of carbonyl (C=O) groups excluding carboxylic acids is 1. The second-order valence-corrected chi connectivity index (χ2v) is 8.76. The zero-order valence-corrected chi connectivity index (χ0v) is 17.1. The molecule has 0 bridgehead atoms. The van der Waals surface area contributed by atoms with Gasteiger partial charge in [0.15, 0.2) is 0 Å². The summed E-state index contributed by atoms with van der Waals surface area (Å²) < 4.78 is 1.08. The van der Waals surface area contributed by atoms with Gasteiger partial charge < -0.3 is 10.2 Å². The third-order valence-electron chi connectivity index (χ3n) is 6.55. The molecule has 25 heavy (non-hydrogen) atoms. The molecule has 2 saturated heterocycles. The lowest BCUT2D eigenvalue weighted by atomic mass is 9.77. The Labute approximate surface area is 165 Å². The first-order valence-electron chi connectivity index (χ1n) is 9.45. The highest BCUT2D eigenvalue weighted by Crippen LogP contribution is 2.44. The van der Waals surface area contributed by atoms with Crippen molar-refractivity contribution in [1.82, 2.24) is 10.2 Å². The van der Waals surface area contributed by atoms with Gasteiger partial charge in [-0.05, 0) is 68.3 Å². The van der Waals surface area contributed by atoms with Crippen LogP contribution in [0, 0.1) is 11.8 Å². The molecule has 3 fully saturated rings. The maximum absolute atomic E-state index is 13.6. The summed E-state index contributed by atoms with van der Waals surface area (Å²) in [5, 5.41) is 3.52. The van der Waals surface area contributed by atoms with Crippen molar-refractivity contribution < 1.29 is 4.79 Å². The number of halogens is 2. The molecule has 1 aliphatic carbocycles. The predicted molar refractivity (Wildman–Crippen MR) is 107 cm³/mol. The second kappa shape index (κ2) is 7.98. The molecule has 1 aromatic rings. The molecule has 138 valence electrons. The van der Waals surface area contributed by atoms with E-state index in [0.29, 0.717) is 5.91 Å². The first kappa shape index (κ1) is 19.2. The van der Waals surface area contributed by atoms with Gasteiger partial charge in [0.2, 0.25) is 5.91 Å². The predicted octanol–water partition coefficient (Wildman–Crippen LogP) is 4.14. The van der Waals surface area contributed by atoms with Crippen molar-refractivity contribution in [3.63, 3.8) is 0 Å².